The summed E-state index contributed by atoms with van der Waals surface area (Å²) >= 11 is 0. The zero-order chi connectivity index (χ0) is 18.7. The van der Waals surface area contributed by atoms with E-state index in [-0.39, 0.29) is 23.9 Å². The molecule has 1 atom stereocenters. The van der Waals surface area contributed by atoms with E-state index in [0.29, 0.717) is 24.7 Å². The Labute approximate surface area is 154 Å². The maximum atomic E-state index is 12.8. The monoisotopic (exact) mass is 360 g/mol. The van der Waals surface area contributed by atoms with E-state index >= 15 is 0 Å². The highest BCUT2D eigenvalue weighted by molar-refractivity contribution is 5.92. The van der Waals surface area contributed by atoms with Gasteiger partial charge in [-0.15, -0.1) is 0 Å². The van der Waals surface area contributed by atoms with Crippen molar-refractivity contribution in [1.29, 1.82) is 0 Å². The lowest BCUT2D eigenvalue weighted by Gasteiger charge is -2.43. The number of nitrogens with zero attached hydrogens (tertiary/aromatic N) is 4. The van der Waals surface area contributed by atoms with Gasteiger partial charge >= 0.3 is 0 Å². The molecule has 0 N–H and O–H groups in total. The molecule has 3 rings (SSSR count). The average Bonchev–Trinajstić information content (AvgIpc) is 2.67. The smallest absolute Gasteiger partial charge is 0.272 e. The predicted molar refractivity (Wildman–Crippen MR) is 98.1 cm³/mol. The van der Waals surface area contributed by atoms with Crippen LogP contribution in [0.25, 0.3) is 0 Å². The lowest BCUT2D eigenvalue weighted by molar-refractivity contribution is -0.142. The number of methoxy groups -OCH3 is 1. The second kappa shape index (κ2) is 8.03. The van der Waals surface area contributed by atoms with E-state index in [2.05, 4.69) is 23.7 Å². The number of hydrogen-bond donors (Lipinski definition) is 0. The molecular formula is C19H28N4O3. The molecule has 0 saturated carbocycles. The fourth-order valence-corrected chi connectivity index (χ4v) is 3.78. The van der Waals surface area contributed by atoms with Gasteiger partial charge in [0, 0.05) is 44.8 Å². The first kappa shape index (κ1) is 18.6. The van der Waals surface area contributed by atoms with Crippen molar-refractivity contribution in [3.8, 4) is 5.88 Å². The summed E-state index contributed by atoms with van der Waals surface area (Å²) in [5, 5.41) is 0. The van der Waals surface area contributed by atoms with Crippen molar-refractivity contribution < 1.29 is 14.3 Å². The summed E-state index contributed by atoms with van der Waals surface area (Å²) in [7, 11) is 1.54. The molecule has 0 bridgehead atoms. The van der Waals surface area contributed by atoms with Gasteiger partial charge in [-0.1, -0.05) is 6.07 Å². The molecule has 1 aromatic rings. The molecule has 7 nitrogen and oxygen atoms in total. The van der Waals surface area contributed by atoms with E-state index in [0.717, 1.165) is 32.5 Å². The number of piperazine rings is 1. The Hall–Kier alpha value is -2.15. The Morgan fingerprint density at radius 1 is 1.19 bits per heavy atom. The fourth-order valence-electron chi connectivity index (χ4n) is 3.78. The van der Waals surface area contributed by atoms with Crippen LogP contribution >= 0.6 is 0 Å². The SMILES string of the molecule is COc1cccc(C(=O)N2CCN(C3CCCN(C(C)C)C3=O)CC2)n1. The first-order valence-electron chi connectivity index (χ1n) is 9.36. The lowest BCUT2D eigenvalue weighted by atomic mass is 10.0. The summed E-state index contributed by atoms with van der Waals surface area (Å²) in [6, 6.07) is 5.41. The van der Waals surface area contributed by atoms with Crippen LogP contribution < -0.4 is 4.74 Å². The van der Waals surface area contributed by atoms with Gasteiger partial charge in [-0.3, -0.25) is 14.5 Å². The Bertz CT molecular complexity index is 656. The molecule has 142 valence electrons. The van der Waals surface area contributed by atoms with Crippen LogP contribution in [0.1, 0.15) is 37.2 Å². The zero-order valence-corrected chi connectivity index (χ0v) is 15.9. The van der Waals surface area contributed by atoms with Gasteiger partial charge in [0.2, 0.25) is 11.8 Å². The minimum Gasteiger partial charge on any atom is -0.481 e. The molecular weight excluding hydrogens is 332 g/mol. The molecule has 1 aromatic heterocycles. The number of carbonyl (C=O) groups is 2. The predicted octanol–water partition coefficient (Wildman–Crippen LogP) is 1.25. The van der Waals surface area contributed by atoms with Crippen LogP contribution in [0.15, 0.2) is 18.2 Å². The number of pyridine rings is 1. The van der Waals surface area contributed by atoms with E-state index < -0.39 is 0 Å². The average molecular weight is 360 g/mol. The first-order chi connectivity index (χ1) is 12.5. The molecule has 2 amide bonds. The van der Waals surface area contributed by atoms with Crippen LogP contribution in [0.3, 0.4) is 0 Å². The number of amides is 2. The first-order valence-corrected chi connectivity index (χ1v) is 9.36. The number of ether oxygens (including phenoxy) is 1. The van der Waals surface area contributed by atoms with Gasteiger partial charge in [-0.25, -0.2) is 4.98 Å². The summed E-state index contributed by atoms with van der Waals surface area (Å²) in [6.07, 6.45) is 1.95. The van der Waals surface area contributed by atoms with E-state index in [1.54, 1.807) is 18.2 Å². The van der Waals surface area contributed by atoms with Crippen molar-refractivity contribution in [2.75, 3.05) is 39.8 Å². The number of piperidine rings is 1. The maximum absolute atomic E-state index is 12.8. The largest absolute Gasteiger partial charge is 0.481 e. The molecule has 0 aliphatic carbocycles. The number of aromatic nitrogens is 1. The van der Waals surface area contributed by atoms with Crippen LogP contribution in [0.5, 0.6) is 5.88 Å². The van der Waals surface area contributed by atoms with Crippen molar-refractivity contribution in [2.24, 2.45) is 0 Å². The zero-order valence-electron chi connectivity index (χ0n) is 15.9. The minimum absolute atomic E-state index is 0.0432. The van der Waals surface area contributed by atoms with Crippen molar-refractivity contribution >= 4 is 11.8 Å². The number of rotatable bonds is 4. The molecule has 2 saturated heterocycles. The molecule has 0 radical (unpaired) electrons. The molecule has 7 heteroatoms. The van der Waals surface area contributed by atoms with Crippen LogP contribution in [0.4, 0.5) is 0 Å². The minimum atomic E-state index is -0.0812. The lowest BCUT2D eigenvalue weighted by Crippen LogP contribution is -2.59. The van der Waals surface area contributed by atoms with Gasteiger partial charge < -0.3 is 14.5 Å². The Balaban J connectivity index is 1.60. The molecule has 3 heterocycles. The van der Waals surface area contributed by atoms with E-state index in [9.17, 15) is 9.59 Å². The van der Waals surface area contributed by atoms with Crippen molar-refractivity contribution in [2.45, 2.75) is 38.8 Å². The maximum Gasteiger partial charge on any atom is 0.272 e. The van der Waals surface area contributed by atoms with Gasteiger partial charge in [0.25, 0.3) is 5.91 Å². The van der Waals surface area contributed by atoms with Crippen LogP contribution in [-0.4, -0.2) is 83.4 Å². The summed E-state index contributed by atoms with van der Waals surface area (Å²) in [4.78, 5) is 35.7. The van der Waals surface area contributed by atoms with Crippen LogP contribution in [-0.2, 0) is 4.79 Å². The van der Waals surface area contributed by atoms with Gasteiger partial charge in [-0.05, 0) is 32.8 Å². The standard InChI is InChI=1S/C19H28N4O3/c1-14(2)23-9-5-7-16(19(23)25)21-10-12-22(13-11-21)18(24)15-6-4-8-17(20-15)26-3/h4,6,8,14,16H,5,7,9-13H2,1-3H3. The third-order valence-electron chi connectivity index (χ3n) is 5.26. The summed E-state index contributed by atoms with van der Waals surface area (Å²) in [5.74, 6) is 0.596. The van der Waals surface area contributed by atoms with Gasteiger partial charge in [-0.2, -0.15) is 0 Å². The Morgan fingerprint density at radius 3 is 2.58 bits per heavy atom. The fraction of sp³-hybridized carbons (Fsp3) is 0.632. The third-order valence-corrected chi connectivity index (χ3v) is 5.26. The van der Waals surface area contributed by atoms with Gasteiger partial charge in [0.15, 0.2) is 0 Å². The molecule has 1 unspecified atom stereocenters. The van der Waals surface area contributed by atoms with Gasteiger partial charge in [0.1, 0.15) is 5.69 Å². The summed E-state index contributed by atoms with van der Waals surface area (Å²) in [5.41, 5.74) is 0.400. The van der Waals surface area contributed by atoms with Crippen LogP contribution in [0.2, 0.25) is 0 Å². The molecule has 0 aromatic carbocycles. The number of likely N-dealkylation sites (tertiary alicyclic amines) is 1. The molecule has 26 heavy (non-hydrogen) atoms. The van der Waals surface area contributed by atoms with Crippen molar-refractivity contribution in [3.63, 3.8) is 0 Å². The van der Waals surface area contributed by atoms with Crippen LogP contribution in [0, 0.1) is 0 Å². The Kier molecular flexibility index (Phi) is 5.76. The van der Waals surface area contributed by atoms with Gasteiger partial charge in [0.05, 0.1) is 13.2 Å². The third kappa shape index (κ3) is 3.82. The highest BCUT2D eigenvalue weighted by Gasteiger charge is 2.36. The van der Waals surface area contributed by atoms with Crippen molar-refractivity contribution in [3.05, 3.63) is 23.9 Å². The molecule has 2 aliphatic heterocycles. The van der Waals surface area contributed by atoms with E-state index in [4.69, 9.17) is 4.74 Å². The van der Waals surface area contributed by atoms with E-state index in [1.165, 1.54) is 7.11 Å². The van der Waals surface area contributed by atoms with E-state index in [1.807, 2.05) is 9.80 Å². The topological polar surface area (TPSA) is 66.0 Å². The molecule has 2 aliphatic rings. The summed E-state index contributed by atoms with van der Waals surface area (Å²) < 4.78 is 5.10. The number of carbonyl (C=O) groups excluding carboxylic acids is 2. The Morgan fingerprint density at radius 2 is 1.92 bits per heavy atom. The molecule has 2 fully saturated rings. The normalized spacial score (nSPS) is 22.0. The quantitative estimate of drug-likeness (QED) is 0.808. The highest BCUT2D eigenvalue weighted by Crippen LogP contribution is 2.21. The molecule has 0 spiro atoms. The second-order valence-corrected chi connectivity index (χ2v) is 7.18. The highest BCUT2D eigenvalue weighted by atomic mass is 16.5. The second-order valence-electron chi connectivity index (χ2n) is 7.18. The summed E-state index contributed by atoms with van der Waals surface area (Å²) in [6.45, 7) is 7.66. The number of hydrogen-bond acceptors (Lipinski definition) is 5. The van der Waals surface area contributed by atoms with Crippen molar-refractivity contribution in [1.82, 2.24) is 19.7 Å².